The summed E-state index contributed by atoms with van der Waals surface area (Å²) < 4.78 is 35.2. The van der Waals surface area contributed by atoms with Crippen LogP contribution in [0.3, 0.4) is 0 Å². The van der Waals surface area contributed by atoms with Crippen molar-refractivity contribution >= 4 is 21.8 Å². The minimum Gasteiger partial charge on any atom is -0.465 e. The fourth-order valence-electron chi connectivity index (χ4n) is 3.03. The molecular weight excluding hydrogens is 390 g/mol. The summed E-state index contributed by atoms with van der Waals surface area (Å²) in [6, 6.07) is 15.7. The molecule has 156 valence electrons. The number of nitrogens with zero attached hydrogens (tertiary/aromatic N) is 1. The minimum atomic E-state index is -4.09. The Morgan fingerprint density at radius 3 is 2.21 bits per heavy atom. The summed E-state index contributed by atoms with van der Waals surface area (Å²) in [5, 5.41) is 3.87. The number of carbonyl (C=O) groups excluding carboxylic acids is 1. The lowest BCUT2D eigenvalue weighted by Gasteiger charge is -2.30. The maximum atomic E-state index is 12.9. The maximum absolute atomic E-state index is 12.9. The normalized spacial score (nSPS) is 14.1. The summed E-state index contributed by atoms with van der Waals surface area (Å²) in [4.78, 5) is 12.9. The van der Waals surface area contributed by atoms with Gasteiger partial charge in [-0.2, -0.15) is 8.42 Å². The van der Waals surface area contributed by atoms with Crippen molar-refractivity contribution in [3.8, 4) is 0 Å². The Morgan fingerprint density at radius 1 is 1.03 bits per heavy atom. The highest BCUT2D eigenvalue weighted by molar-refractivity contribution is 7.86. The smallest absolute Gasteiger partial charge is 0.358 e. The number of hydrogen-bond donors (Lipinski definition) is 0. The van der Waals surface area contributed by atoms with Crippen LogP contribution in [0.1, 0.15) is 38.3 Å². The van der Waals surface area contributed by atoms with Crippen molar-refractivity contribution in [1.82, 2.24) is 0 Å². The van der Waals surface area contributed by atoms with Gasteiger partial charge in [0.15, 0.2) is 0 Å². The first kappa shape index (κ1) is 22.6. The Labute approximate surface area is 172 Å². The number of carbonyl (C=O) groups is 1. The second-order valence-corrected chi connectivity index (χ2v) is 8.37. The fourth-order valence-corrected chi connectivity index (χ4v) is 3.79. The first-order valence-electron chi connectivity index (χ1n) is 9.51. The van der Waals surface area contributed by atoms with Gasteiger partial charge in [0.1, 0.15) is 10.3 Å². The van der Waals surface area contributed by atoms with Gasteiger partial charge in [0.2, 0.25) is 0 Å². The van der Waals surface area contributed by atoms with Crippen molar-refractivity contribution in [2.24, 2.45) is 10.6 Å². The molecule has 7 heteroatoms. The van der Waals surface area contributed by atoms with E-state index in [1.54, 1.807) is 26.0 Å². The van der Waals surface area contributed by atoms with E-state index < -0.39 is 21.5 Å². The van der Waals surface area contributed by atoms with E-state index >= 15 is 0 Å². The number of aryl methyl sites for hydroxylation is 1. The van der Waals surface area contributed by atoms with Crippen LogP contribution >= 0.6 is 0 Å². The molecule has 29 heavy (non-hydrogen) atoms. The molecule has 0 fully saturated rings. The lowest BCUT2D eigenvalue weighted by Crippen LogP contribution is -2.41. The molecule has 6 nitrogen and oxygen atoms in total. The molecule has 1 atom stereocenters. The van der Waals surface area contributed by atoms with E-state index in [9.17, 15) is 13.2 Å². The molecule has 0 radical (unpaired) electrons. The molecule has 0 aromatic heterocycles. The second kappa shape index (κ2) is 9.69. The van der Waals surface area contributed by atoms with E-state index in [2.05, 4.69) is 5.16 Å². The standard InChI is InChI=1S/C22H27NO5S/c1-5-22(21(24)27-6-2,16-19-10-8-7-9-11-19)18(4)23-28-29(25,26)20-14-12-17(3)13-15-20/h7-15H,5-6,16H2,1-4H3/b23-18+/t22-/m0/s1. The Morgan fingerprint density at radius 2 is 1.66 bits per heavy atom. The van der Waals surface area contributed by atoms with Gasteiger partial charge < -0.3 is 4.74 Å². The molecular formula is C22H27NO5S. The summed E-state index contributed by atoms with van der Waals surface area (Å²) >= 11 is 0. The number of oxime groups is 1. The van der Waals surface area contributed by atoms with Crippen molar-refractivity contribution in [3.63, 3.8) is 0 Å². The Balaban J connectivity index is 2.38. The van der Waals surface area contributed by atoms with Gasteiger partial charge in [-0.15, -0.1) is 0 Å². The van der Waals surface area contributed by atoms with Gasteiger partial charge in [-0.05, 0) is 51.3 Å². The zero-order valence-electron chi connectivity index (χ0n) is 17.2. The van der Waals surface area contributed by atoms with Crippen LogP contribution in [0.4, 0.5) is 0 Å². The largest absolute Gasteiger partial charge is 0.465 e. The quantitative estimate of drug-likeness (QED) is 0.346. The van der Waals surface area contributed by atoms with Crippen LogP contribution in [0, 0.1) is 12.3 Å². The SMILES string of the molecule is CCOC(=O)[C@@](CC)(Cc1ccccc1)/C(C)=N/OS(=O)(=O)c1ccc(C)cc1. The van der Waals surface area contributed by atoms with Crippen LogP contribution in [0.25, 0.3) is 0 Å². The molecule has 0 aliphatic carbocycles. The Kier molecular flexibility index (Phi) is 7.56. The Bertz CT molecular complexity index is 952. The monoisotopic (exact) mass is 417 g/mol. The average molecular weight is 418 g/mol. The summed E-state index contributed by atoms with van der Waals surface area (Å²) in [5.41, 5.74) is 0.968. The van der Waals surface area contributed by atoms with Crippen LogP contribution in [0.2, 0.25) is 0 Å². The van der Waals surface area contributed by atoms with Gasteiger partial charge in [0.25, 0.3) is 0 Å². The summed E-state index contributed by atoms with van der Waals surface area (Å²) in [7, 11) is -4.09. The molecule has 0 spiro atoms. The van der Waals surface area contributed by atoms with Crippen LogP contribution in [0.15, 0.2) is 64.6 Å². The molecule has 0 aliphatic heterocycles. The third-order valence-corrected chi connectivity index (χ3v) is 6.01. The van der Waals surface area contributed by atoms with Crippen LogP contribution in [0.5, 0.6) is 0 Å². The molecule has 0 aliphatic rings. The van der Waals surface area contributed by atoms with Gasteiger partial charge >= 0.3 is 16.1 Å². The van der Waals surface area contributed by atoms with Gasteiger partial charge in [0, 0.05) is 0 Å². The lowest BCUT2D eigenvalue weighted by atomic mass is 9.75. The summed E-state index contributed by atoms with van der Waals surface area (Å²) in [6.07, 6.45) is 0.705. The van der Waals surface area contributed by atoms with Crippen LogP contribution < -0.4 is 0 Å². The second-order valence-electron chi connectivity index (χ2n) is 6.84. The zero-order chi connectivity index (χ0) is 21.5. The molecule has 0 bridgehead atoms. The highest BCUT2D eigenvalue weighted by atomic mass is 32.2. The number of hydrogen-bond acceptors (Lipinski definition) is 6. The van der Waals surface area contributed by atoms with Gasteiger partial charge in [-0.1, -0.05) is 60.1 Å². The first-order chi connectivity index (χ1) is 13.7. The topological polar surface area (TPSA) is 82.0 Å². The van der Waals surface area contributed by atoms with E-state index in [1.807, 2.05) is 44.2 Å². The van der Waals surface area contributed by atoms with Crippen molar-refractivity contribution in [2.75, 3.05) is 6.61 Å². The van der Waals surface area contributed by atoms with E-state index in [1.165, 1.54) is 12.1 Å². The molecule has 2 aromatic carbocycles. The first-order valence-corrected chi connectivity index (χ1v) is 10.9. The van der Waals surface area contributed by atoms with E-state index in [-0.39, 0.29) is 17.2 Å². The van der Waals surface area contributed by atoms with Crippen molar-refractivity contribution in [1.29, 1.82) is 0 Å². The molecule has 0 saturated heterocycles. The number of rotatable bonds is 9. The van der Waals surface area contributed by atoms with E-state index in [0.29, 0.717) is 12.8 Å². The molecule has 0 amide bonds. The number of benzene rings is 2. The van der Waals surface area contributed by atoms with Gasteiger partial charge in [-0.25, -0.2) is 0 Å². The molecule has 0 heterocycles. The molecule has 2 aromatic rings. The lowest BCUT2D eigenvalue weighted by molar-refractivity contribution is -0.151. The third-order valence-electron chi connectivity index (χ3n) is 4.89. The summed E-state index contributed by atoms with van der Waals surface area (Å²) in [6.45, 7) is 7.23. The van der Waals surface area contributed by atoms with Gasteiger partial charge in [0.05, 0.1) is 12.3 Å². The minimum absolute atomic E-state index is 0.000873. The van der Waals surface area contributed by atoms with E-state index in [0.717, 1.165) is 11.1 Å². The fraction of sp³-hybridized carbons (Fsp3) is 0.364. The highest BCUT2D eigenvalue weighted by Gasteiger charge is 2.42. The Hall–Kier alpha value is -2.67. The molecule has 0 saturated carbocycles. The molecule has 2 rings (SSSR count). The number of ether oxygens (including phenoxy) is 1. The zero-order valence-corrected chi connectivity index (χ0v) is 18.0. The van der Waals surface area contributed by atoms with Crippen molar-refractivity contribution in [2.45, 2.75) is 45.4 Å². The highest BCUT2D eigenvalue weighted by Crippen LogP contribution is 2.32. The average Bonchev–Trinajstić information content (AvgIpc) is 2.71. The third kappa shape index (κ3) is 5.44. The van der Waals surface area contributed by atoms with Crippen molar-refractivity contribution < 1.29 is 22.2 Å². The summed E-state index contributed by atoms with van der Waals surface area (Å²) in [5.74, 6) is -0.455. The van der Waals surface area contributed by atoms with Gasteiger partial charge in [-0.3, -0.25) is 9.08 Å². The predicted molar refractivity (Wildman–Crippen MR) is 112 cm³/mol. The molecule has 0 unspecified atom stereocenters. The number of esters is 1. The van der Waals surface area contributed by atoms with Crippen LogP contribution in [-0.2, 0) is 30.4 Å². The van der Waals surface area contributed by atoms with Crippen molar-refractivity contribution in [3.05, 3.63) is 65.7 Å². The van der Waals surface area contributed by atoms with E-state index in [4.69, 9.17) is 9.02 Å². The maximum Gasteiger partial charge on any atom is 0.358 e. The molecule has 0 N–H and O–H groups in total. The van der Waals surface area contributed by atoms with Crippen LogP contribution in [-0.4, -0.2) is 26.7 Å². The predicted octanol–water partition coefficient (Wildman–Crippen LogP) is 4.28.